The van der Waals surface area contributed by atoms with Gasteiger partial charge in [0.05, 0.1) is 12.4 Å². The second-order valence-electron chi connectivity index (χ2n) is 2.77. The van der Waals surface area contributed by atoms with Crippen molar-refractivity contribution in [3.05, 3.63) is 30.5 Å². The molecule has 2 aromatic rings. The first-order valence-electron chi connectivity index (χ1n) is 4.17. The minimum Gasteiger partial charge on any atom is -0.433 e. The van der Waals surface area contributed by atoms with Crippen molar-refractivity contribution < 1.29 is 4.74 Å². The Morgan fingerprint density at radius 3 is 2.87 bits per heavy atom. The maximum absolute atomic E-state index is 8.75. The first-order chi connectivity index (χ1) is 7.29. The van der Waals surface area contributed by atoms with E-state index in [4.69, 9.17) is 10.00 Å². The molecule has 0 saturated heterocycles. The molecule has 15 heavy (non-hydrogen) atoms. The van der Waals surface area contributed by atoms with E-state index in [9.17, 15) is 0 Å². The van der Waals surface area contributed by atoms with Crippen molar-refractivity contribution in [2.24, 2.45) is 7.05 Å². The van der Waals surface area contributed by atoms with E-state index in [2.05, 4.69) is 15.1 Å². The van der Waals surface area contributed by atoms with Gasteiger partial charge < -0.3 is 4.74 Å². The van der Waals surface area contributed by atoms with Gasteiger partial charge in [-0.05, 0) is 0 Å². The molecule has 0 fully saturated rings. The van der Waals surface area contributed by atoms with Crippen LogP contribution in [0.3, 0.4) is 0 Å². The molecule has 74 valence electrons. The quantitative estimate of drug-likeness (QED) is 0.720. The van der Waals surface area contributed by atoms with Gasteiger partial charge >= 0.3 is 0 Å². The molecule has 2 heterocycles. The van der Waals surface area contributed by atoms with Crippen LogP contribution < -0.4 is 4.74 Å². The molecule has 0 atom stereocenters. The van der Waals surface area contributed by atoms with Crippen LogP contribution in [0.25, 0.3) is 0 Å². The summed E-state index contributed by atoms with van der Waals surface area (Å²) in [5, 5.41) is 12.7. The monoisotopic (exact) mass is 201 g/mol. The van der Waals surface area contributed by atoms with Crippen LogP contribution in [-0.2, 0) is 7.05 Å². The summed E-state index contributed by atoms with van der Waals surface area (Å²) < 4.78 is 6.94. The van der Waals surface area contributed by atoms with Gasteiger partial charge in [0.25, 0.3) is 5.88 Å². The van der Waals surface area contributed by atoms with Gasteiger partial charge in [-0.25, -0.2) is 9.97 Å². The maximum atomic E-state index is 8.75. The Morgan fingerprint density at radius 2 is 2.20 bits per heavy atom. The largest absolute Gasteiger partial charge is 0.433 e. The Balaban J connectivity index is 2.28. The third kappa shape index (κ3) is 1.91. The molecule has 0 saturated carbocycles. The van der Waals surface area contributed by atoms with Gasteiger partial charge in [0.2, 0.25) is 5.69 Å². The van der Waals surface area contributed by atoms with Crippen molar-refractivity contribution in [3.63, 3.8) is 0 Å². The highest BCUT2D eigenvalue weighted by Gasteiger charge is 2.07. The first kappa shape index (κ1) is 9.15. The van der Waals surface area contributed by atoms with Crippen molar-refractivity contribution in [2.45, 2.75) is 0 Å². The van der Waals surface area contributed by atoms with Crippen LogP contribution in [0.2, 0.25) is 0 Å². The molecule has 2 rings (SSSR count). The highest BCUT2D eigenvalue weighted by atomic mass is 16.5. The van der Waals surface area contributed by atoms with Crippen LogP contribution in [0.1, 0.15) is 5.69 Å². The summed E-state index contributed by atoms with van der Waals surface area (Å²) in [6.45, 7) is 0. The highest BCUT2D eigenvalue weighted by molar-refractivity contribution is 5.33. The van der Waals surface area contributed by atoms with E-state index in [0.717, 1.165) is 0 Å². The van der Waals surface area contributed by atoms with Crippen molar-refractivity contribution >= 4 is 0 Å². The normalized spacial score (nSPS) is 9.60. The number of rotatable bonds is 2. The molecule has 0 aromatic carbocycles. The molecule has 0 amide bonds. The fourth-order valence-electron chi connectivity index (χ4n) is 1.04. The molecule has 0 spiro atoms. The van der Waals surface area contributed by atoms with Crippen molar-refractivity contribution in [1.29, 1.82) is 5.26 Å². The standard InChI is InChI=1S/C9H7N5O/c1-14-6-7(5-13-14)15-9-8(4-10)11-2-3-12-9/h2-3,5-6H,1H3. The summed E-state index contributed by atoms with van der Waals surface area (Å²) in [7, 11) is 1.77. The Labute approximate surface area is 85.8 Å². The van der Waals surface area contributed by atoms with E-state index >= 15 is 0 Å². The van der Waals surface area contributed by atoms with Crippen molar-refractivity contribution in [2.75, 3.05) is 0 Å². The molecular weight excluding hydrogens is 194 g/mol. The molecule has 0 unspecified atom stereocenters. The van der Waals surface area contributed by atoms with Gasteiger partial charge in [0.1, 0.15) is 6.07 Å². The van der Waals surface area contributed by atoms with E-state index < -0.39 is 0 Å². The van der Waals surface area contributed by atoms with Gasteiger partial charge in [0, 0.05) is 19.4 Å². The Morgan fingerprint density at radius 1 is 1.40 bits per heavy atom. The summed E-state index contributed by atoms with van der Waals surface area (Å²) in [4.78, 5) is 7.73. The number of aromatic nitrogens is 4. The van der Waals surface area contributed by atoms with Crippen LogP contribution in [0.5, 0.6) is 11.6 Å². The predicted molar refractivity (Wildman–Crippen MR) is 50.0 cm³/mol. The third-order valence-corrected chi connectivity index (χ3v) is 1.67. The van der Waals surface area contributed by atoms with Crippen LogP contribution in [0.4, 0.5) is 0 Å². The maximum Gasteiger partial charge on any atom is 0.256 e. The molecular formula is C9H7N5O. The molecule has 6 heteroatoms. The van der Waals surface area contributed by atoms with Gasteiger partial charge in [0.15, 0.2) is 5.75 Å². The van der Waals surface area contributed by atoms with Crippen LogP contribution in [-0.4, -0.2) is 19.7 Å². The van der Waals surface area contributed by atoms with E-state index in [0.29, 0.717) is 5.75 Å². The van der Waals surface area contributed by atoms with E-state index in [1.165, 1.54) is 18.6 Å². The molecule has 0 aliphatic rings. The number of ether oxygens (including phenoxy) is 1. The third-order valence-electron chi connectivity index (χ3n) is 1.67. The molecule has 0 bridgehead atoms. The van der Waals surface area contributed by atoms with Crippen LogP contribution in [0, 0.1) is 11.3 Å². The lowest BCUT2D eigenvalue weighted by Gasteiger charge is -2.00. The van der Waals surface area contributed by atoms with Crippen molar-refractivity contribution in [3.8, 4) is 17.7 Å². The topological polar surface area (TPSA) is 76.6 Å². The number of nitriles is 1. The summed E-state index contributed by atoms with van der Waals surface area (Å²) in [5.41, 5.74) is 0.154. The van der Waals surface area contributed by atoms with E-state index in [1.807, 2.05) is 6.07 Å². The second-order valence-corrected chi connectivity index (χ2v) is 2.77. The fraction of sp³-hybridized carbons (Fsp3) is 0.111. The smallest absolute Gasteiger partial charge is 0.256 e. The lowest BCUT2D eigenvalue weighted by atomic mass is 10.5. The van der Waals surface area contributed by atoms with Crippen LogP contribution >= 0.6 is 0 Å². The summed E-state index contributed by atoms with van der Waals surface area (Å²) in [6.07, 6.45) is 6.12. The minimum atomic E-state index is 0.154. The Bertz CT molecular complexity index is 513. The fourth-order valence-corrected chi connectivity index (χ4v) is 1.04. The SMILES string of the molecule is Cn1cc(Oc2nccnc2C#N)cn1. The molecule has 0 aliphatic carbocycles. The van der Waals surface area contributed by atoms with Crippen molar-refractivity contribution in [1.82, 2.24) is 19.7 Å². The van der Waals surface area contributed by atoms with Gasteiger partial charge in [-0.15, -0.1) is 0 Å². The molecule has 6 nitrogen and oxygen atoms in total. The average Bonchev–Trinajstić information content (AvgIpc) is 2.65. The zero-order valence-electron chi connectivity index (χ0n) is 7.95. The number of aryl methyl sites for hydroxylation is 1. The minimum absolute atomic E-state index is 0.154. The van der Waals surface area contributed by atoms with Gasteiger partial charge in [-0.2, -0.15) is 10.4 Å². The lowest BCUT2D eigenvalue weighted by molar-refractivity contribution is 0.457. The predicted octanol–water partition coefficient (Wildman–Crippen LogP) is 0.874. The Hall–Kier alpha value is -2.42. The summed E-state index contributed by atoms with van der Waals surface area (Å²) >= 11 is 0. The van der Waals surface area contributed by atoms with E-state index in [-0.39, 0.29) is 11.6 Å². The van der Waals surface area contributed by atoms with Gasteiger partial charge in [-0.3, -0.25) is 4.68 Å². The average molecular weight is 201 g/mol. The van der Waals surface area contributed by atoms with E-state index in [1.54, 1.807) is 17.9 Å². The lowest BCUT2D eigenvalue weighted by Crippen LogP contribution is -1.93. The number of hydrogen-bond acceptors (Lipinski definition) is 5. The molecule has 0 radical (unpaired) electrons. The van der Waals surface area contributed by atoms with Gasteiger partial charge in [-0.1, -0.05) is 0 Å². The molecule has 0 N–H and O–H groups in total. The number of nitrogens with zero attached hydrogens (tertiary/aromatic N) is 5. The highest BCUT2D eigenvalue weighted by Crippen LogP contribution is 2.19. The Kier molecular flexibility index (Phi) is 2.29. The summed E-state index contributed by atoms with van der Waals surface area (Å²) in [5.74, 6) is 0.711. The number of hydrogen-bond donors (Lipinski definition) is 0. The zero-order valence-corrected chi connectivity index (χ0v) is 7.95. The molecule has 0 aliphatic heterocycles. The molecule has 2 aromatic heterocycles. The first-order valence-corrected chi connectivity index (χ1v) is 4.17. The summed E-state index contributed by atoms with van der Waals surface area (Å²) in [6, 6.07) is 1.90. The van der Waals surface area contributed by atoms with Crippen LogP contribution in [0.15, 0.2) is 24.8 Å². The zero-order chi connectivity index (χ0) is 10.7. The second kappa shape index (κ2) is 3.75.